The van der Waals surface area contributed by atoms with Gasteiger partial charge in [0.2, 0.25) is 0 Å². The minimum Gasteiger partial charge on any atom is -0.461 e. The zero-order valence-electron chi connectivity index (χ0n) is 25.7. The highest BCUT2D eigenvalue weighted by Gasteiger charge is 2.55. The number of carbonyl (C=O) groups is 1. The van der Waals surface area contributed by atoms with Gasteiger partial charge in [0.15, 0.2) is 0 Å². The molecule has 5 nitrogen and oxygen atoms in total. The Morgan fingerprint density at radius 3 is 2.71 bits per heavy atom. The molecular formula is C35H51NO4S. The van der Waals surface area contributed by atoms with Gasteiger partial charge in [-0.2, -0.15) is 0 Å². The van der Waals surface area contributed by atoms with Crippen molar-refractivity contribution in [1.29, 1.82) is 0 Å². The molecule has 7 atom stereocenters. The van der Waals surface area contributed by atoms with Crippen LogP contribution in [-0.2, 0) is 14.9 Å². The smallest absolute Gasteiger partial charge is 0.306 e. The number of allylic oxidation sites excluding steroid dienone is 3. The lowest BCUT2D eigenvalue weighted by molar-refractivity contribution is -0.151. The number of thiazole rings is 1. The van der Waals surface area contributed by atoms with Gasteiger partial charge in [-0.25, -0.2) is 4.98 Å². The number of nitrogens with zero attached hydrogens (tertiary/aromatic N) is 1. The van der Waals surface area contributed by atoms with E-state index in [-0.39, 0.29) is 22.9 Å². The number of fused-ring (bicyclic) bond motifs is 1. The monoisotopic (exact) mass is 581 g/mol. The van der Waals surface area contributed by atoms with Crippen LogP contribution in [0.3, 0.4) is 0 Å². The number of aromatic nitrogens is 1. The van der Waals surface area contributed by atoms with Gasteiger partial charge in [0.1, 0.15) is 11.1 Å². The molecule has 1 heterocycles. The molecule has 6 heteroatoms. The predicted molar refractivity (Wildman–Crippen MR) is 166 cm³/mol. The molecule has 0 bridgehead atoms. The van der Waals surface area contributed by atoms with Gasteiger partial charge in [-0.1, -0.05) is 45.1 Å². The summed E-state index contributed by atoms with van der Waals surface area (Å²) in [6, 6.07) is 0. The number of hydrogen-bond acceptors (Lipinski definition) is 6. The van der Waals surface area contributed by atoms with Crippen molar-refractivity contribution in [2.24, 2.45) is 23.2 Å². The number of esters is 1. The van der Waals surface area contributed by atoms with Crippen molar-refractivity contribution in [3.8, 4) is 0 Å². The van der Waals surface area contributed by atoms with Crippen LogP contribution in [0, 0.1) is 30.1 Å². The van der Waals surface area contributed by atoms with E-state index in [0.717, 1.165) is 60.4 Å². The second-order valence-electron chi connectivity index (χ2n) is 13.9. The van der Waals surface area contributed by atoms with Gasteiger partial charge in [-0.3, -0.25) is 4.79 Å². The van der Waals surface area contributed by atoms with Crippen molar-refractivity contribution in [2.45, 2.75) is 135 Å². The van der Waals surface area contributed by atoms with E-state index in [4.69, 9.17) is 9.72 Å². The third-order valence-corrected chi connectivity index (χ3v) is 12.2. The van der Waals surface area contributed by atoms with E-state index in [1.54, 1.807) is 11.3 Å². The Bertz CT molecular complexity index is 1180. The molecule has 4 saturated carbocycles. The summed E-state index contributed by atoms with van der Waals surface area (Å²) in [6.07, 6.45) is 15.7. The molecule has 41 heavy (non-hydrogen) atoms. The molecule has 0 saturated heterocycles. The summed E-state index contributed by atoms with van der Waals surface area (Å²) in [5, 5.41) is 23.7. The number of rotatable bonds is 10. The average Bonchev–Trinajstić information content (AvgIpc) is 3.48. The fraction of sp³-hybridized carbons (Fsp3) is 0.714. The zero-order chi connectivity index (χ0) is 29.4. The average molecular weight is 582 g/mol. The van der Waals surface area contributed by atoms with Gasteiger partial charge in [-0.05, 0) is 112 Å². The minimum absolute atomic E-state index is 0.0607. The molecule has 0 spiro atoms. The van der Waals surface area contributed by atoms with E-state index in [9.17, 15) is 15.0 Å². The Morgan fingerprint density at radius 1 is 1.24 bits per heavy atom. The molecular weight excluding hydrogens is 530 g/mol. The van der Waals surface area contributed by atoms with Gasteiger partial charge in [0.25, 0.3) is 0 Å². The van der Waals surface area contributed by atoms with Crippen molar-refractivity contribution in [3.63, 3.8) is 0 Å². The fourth-order valence-electron chi connectivity index (χ4n) is 8.56. The maximum Gasteiger partial charge on any atom is 0.306 e. The second kappa shape index (κ2) is 12.5. The first-order valence-corrected chi connectivity index (χ1v) is 17.0. The molecule has 1 aromatic heterocycles. The van der Waals surface area contributed by atoms with Crippen LogP contribution >= 0.6 is 11.3 Å². The van der Waals surface area contributed by atoms with Gasteiger partial charge in [0, 0.05) is 23.9 Å². The van der Waals surface area contributed by atoms with E-state index >= 15 is 0 Å². The summed E-state index contributed by atoms with van der Waals surface area (Å²) >= 11 is 1.73. The van der Waals surface area contributed by atoms with Crippen LogP contribution in [-0.4, -0.2) is 39.5 Å². The third-order valence-electron chi connectivity index (χ3n) is 11.1. The van der Waals surface area contributed by atoms with E-state index in [1.165, 1.54) is 31.3 Å². The van der Waals surface area contributed by atoms with Crippen molar-refractivity contribution in [1.82, 2.24) is 4.98 Å². The summed E-state index contributed by atoms with van der Waals surface area (Å²) in [7, 11) is 0. The van der Waals surface area contributed by atoms with Crippen molar-refractivity contribution < 1.29 is 19.7 Å². The number of aliphatic hydroxyl groups excluding tert-OH is 2. The normalized spacial score (nSPS) is 34.4. The van der Waals surface area contributed by atoms with Crippen LogP contribution < -0.4 is 0 Å². The highest BCUT2D eigenvalue weighted by Crippen LogP contribution is 2.60. The quantitative estimate of drug-likeness (QED) is 0.276. The van der Waals surface area contributed by atoms with Gasteiger partial charge >= 0.3 is 5.97 Å². The Labute approximate surface area is 251 Å². The van der Waals surface area contributed by atoms with E-state index in [2.05, 4.69) is 44.9 Å². The van der Waals surface area contributed by atoms with Crippen molar-refractivity contribution >= 4 is 17.3 Å². The topological polar surface area (TPSA) is 79.7 Å². The summed E-state index contributed by atoms with van der Waals surface area (Å²) in [6.45, 7) is 13.2. The zero-order valence-corrected chi connectivity index (χ0v) is 26.5. The Hall–Kier alpha value is -1.76. The number of hydrogen-bond donors (Lipinski definition) is 2. The fourth-order valence-corrected chi connectivity index (χ4v) is 9.66. The molecule has 0 aliphatic heterocycles. The second-order valence-corrected chi connectivity index (χ2v) is 14.8. The SMILES string of the molecule is C=C1C(=CC=C2CCC[C@]3(C)[C@@H]([C@H](C)CC[C@H](OC(=O)CCC)C4(c5nc(C)cs5)CC4)CC[C@@H]23)C[C@@H](O)C[C@@H]1O. The minimum atomic E-state index is -0.642. The summed E-state index contributed by atoms with van der Waals surface area (Å²) in [5.41, 5.74) is 4.55. The van der Waals surface area contributed by atoms with Crippen LogP contribution in [0.4, 0.5) is 0 Å². The molecule has 226 valence electrons. The molecule has 4 aliphatic carbocycles. The van der Waals surface area contributed by atoms with Gasteiger partial charge < -0.3 is 14.9 Å². The lowest BCUT2D eigenvalue weighted by atomic mass is 9.60. The Kier molecular flexibility index (Phi) is 9.33. The standard InChI is InChI=1S/C35H51NO4S/c1-6-8-32(39)40-31(35(17-18-35)33-36-23(3)21-41-33)15-10-22(2)28-13-14-29-25(9-7-16-34(28,29)5)11-12-26-19-27(37)20-30(38)24(26)4/h11-12,21-22,27-31,37-38H,4,6-10,13-20H2,1-3,5H3/t22-,27-,28-,29+,30+,31+,34-/m1/s1. The highest BCUT2D eigenvalue weighted by atomic mass is 32.1. The van der Waals surface area contributed by atoms with Crippen LogP contribution in [0.5, 0.6) is 0 Å². The maximum atomic E-state index is 12.7. The molecule has 2 N–H and O–H groups in total. The van der Waals surface area contributed by atoms with Gasteiger partial charge in [0.05, 0.1) is 17.6 Å². The molecule has 0 unspecified atom stereocenters. The summed E-state index contributed by atoms with van der Waals surface area (Å²) < 4.78 is 6.23. The Balaban J connectivity index is 1.28. The van der Waals surface area contributed by atoms with Crippen LogP contribution in [0.2, 0.25) is 0 Å². The molecule has 4 aliphatic rings. The van der Waals surface area contributed by atoms with E-state index < -0.39 is 12.2 Å². The predicted octanol–water partition coefficient (Wildman–Crippen LogP) is 7.75. The molecule has 0 amide bonds. The van der Waals surface area contributed by atoms with Crippen LogP contribution in [0.25, 0.3) is 0 Å². The number of aliphatic hydroxyl groups is 2. The number of aryl methyl sites for hydroxylation is 1. The number of ether oxygens (including phenoxy) is 1. The highest BCUT2D eigenvalue weighted by molar-refractivity contribution is 7.09. The van der Waals surface area contributed by atoms with E-state index in [0.29, 0.717) is 37.0 Å². The third kappa shape index (κ3) is 6.31. The molecule has 5 rings (SSSR count). The first-order valence-electron chi connectivity index (χ1n) is 16.1. The van der Waals surface area contributed by atoms with Crippen molar-refractivity contribution in [2.75, 3.05) is 0 Å². The lowest BCUT2D eigenvalue weighted by Crippen LogP contribution is -2.37. The molecule has 0 aromatic carbocycles. The van der Waals surface area contributed by atoms with Crippen LogP contribution in [0.1, 0.15) is 115 Å². The molecule has 4 fully saturated rings. The van der Waals surface area contributed by atoms with E-state index in [1.807, 2.05) is 6.92 Å². The first-order chi connectivity index (χ1) is 19.6. The van der Waals surface area contributed by atoms with Crippen molar-refractivity contribution in [3.05, 3.63) is 51.5 Å². The first kappa shape index (κ1) is 30.7. The number of carbonyl (C=O) groups excluding carboxylic acids is 1. The van der Waals surface area contributed by atoms with Gasteiger partial charge in [-0.15, -0.1) is 11.3 Å². The lowest BCUT2D eigenvalue weighted by Gasteiger charge is -2.44. The molecule has 1 aromatic rings. The summed E-state index contributed by atoms with van der Waals surface area (Å²) in [4.78, 5) is 17.5. The van der Waals surface area contributed by atoms with Crippen LogP contribution in [0.15, 0.2) is 40.8 Å². The largest absolute Gasteiger partial charge is 0.461 e. The Morgan fingerprint density at radius 2 is 2.02 bits per heavy atom. The maximum absolute atomic E-state index is 12.7. The summed E-state index contributed by atoms with van der Waals surface area (Å²) in [5.74, 6) is 1.74. The molecule has 0 radical (unpaired) electrons.